The van der Waals surface area contributed by atoms with Gasteiger partial charge in [0.1, 0.15) is 17.4 Å². The minimum absolute atomic E-state index is 0.429. The minimum atomic E-state index is 0.429. The van der Waals surface area contributed by atoms with Gasteiger partial charge in [-0.3, -0.25) is 0 Å². The molecule has 0 radical (unpaired) electrons. The molecule has 0 spiro atoms. The van der Waals surface area contributed by atoms with E-state index in [9.17, 15) is 0 Å². The molecule has 1 heterocycles. The van der Waals surface area contributed by atoms with E-state index >= 15 is 0 Å². The summed E-state index contributed by atoms with van der Waals surface area (Å²) in [6.45, 7) is 1.98. The number of aromatic nitrogens is 2. The third kappa shape index (κ3) is 3.06. The number of rotatable bonds is 3. The van der Waals surface area contributed by atoms with Crippen LogP contribution in [0.1, 0.15) is 12.7 Å². The van der Waals surface area contributed by atoms with Gasteiger partial charge in [0, 0.05) is 12.5 Å². The van der Waals surface area contributed by atoms with Crippen molar-refractivity contribution in [2.75, 3.05) is 5.73 Å². The number of anilines is 1. The Kier molecular flexibility index (Phi) is 3.78. The molecule has 0 bridgehead atoms. The highest BCUT2D eigenvalue weighted by molar-refractivity contribution is 14.1. The zero-order valence-electron chi connectivity index (χ0n) is 9.35. The van der Waals surface area contributed by atoms with E-state index in [0.717, 1.165) is 15.7 Å². The highest BCUT2D eigenvalue weighted by atomic mass is 127. The first-order chi connectivity index (χ1) is 8.19. The summed E-state index contributed by atoms with van der Waals surface area (Å²) in [5.41, 5.74) is 5.69. The van der Waals surface area contributed by atoms with Gasteiger partial charge >= 0.3 is 0 Å². The molecule has 0 saturated carbocycles. The van der Waals surface area contributed by atoms with E-state index < -0.39 is 0 Å². The summed E-state index contributed by atoms with van der Waals surface area (Å²) in [4.78, 5) is 8.37. The van der Waals surface area contributed by atoms with E-state index in [1.807, 2.05) is 31.2 Å². The second kappa shape index (κ2) is 5.31. The third-order valence-corrected chi connectivity index (χ3v) is 3.03. The van der Waals surface area contributed by atoms with Gasteiger partial charge in [-0.25, -0.2) is 4.98 Å². The van der Waals surface area contributed by atoms with Gasteiger partial charge in [-0.1, -0.05) is 19.1 Å². The van der Waals surface area contributed by atoms with Crippen molar-refractivity contribution in [2.45, 2.75) is 13.3 Å². The second-order valence-electron chi connectivity index (χ2n) is 3.43. The summed E-state index contributed by atoms with van der Waals surface area (Å²) in [6.07, 6.45) is 0.729. The smallest absolute Gasteiger partial charge is 0.224 e. The van der Waals surface area contributed by atoms with Crippen LogP contribution in [0.4, 0.5) is 5.82 Å². The maximum atomic E-state index is 5.69. The molecular formula is C12H12IN3O. The van der Waals surface area contributed by atoms with Gasteiger partial charge < -0.3 is 10.5 Å². The highest BCUT2D eigenvalue weighted by Gasteiger charge is 2.05. The topological polar surface area (TPSA) is 61.0 Å². The summed E-state index contributed by atoms with van der Waals surface area (Å²) >= 11 is 2.21. The lowest BCUT2D eigenvalue weighted by Crippen LogP contribution is -2.00. The van der Waals surface area contributed by atoms with Crippen molar-refractivity contribution in [2.24, 2.45) is 0 Å². The number of ether oxygens (including phenoxy) is 1. The molecule has 5 heteroatoms. The van der Waals surface area contributed by atoms with Gasteiger partial charge in [0.2, 0.25) is 5.88 Å². The second-order valence-corrected chi connectivity index (χ2v) is 4.60. The normalized spacial score (nSPS) is 10.2. The Bertz CT molecular complexity index is 531. The van der Waals surface area contributed by atoms with E-state index in [-0.39, 0.29) is 0 Å². The predicted molar refractivity (Wildman–Crippen MR) is 75.1 cm³/mol. The van der Waals surface area contributed by atoms with Crippen LogP contribution in [0.25, 0.3) is 0 Å². The van der Waals surface area contributed by atoms with Crippen molar-refractivity contribution in [1.29, 1.82) is 0 Å². The van der Waals surface area contributed by atoms with Crippen LogP contribution in [0.2, 0.25) is 0 Å². The van der Waals surface area contributed by atoms with Gasteiger partial charge in [0.25, 0.3) is 0 Å². The molecule has 0 aliphatic heterocycles. The molecule has 0 unspecified atom stereocenters. The van der Waals surface area contributed by atoms with E-state index in [1.165, 1.54) is 0 Å². The fourth-order valence-corrected chi connectivity index (χ4v) is 1.84. The Morgan fingerprint density at radius 3 is 2.76 bits per heavy atom. The van der Waals surface area contributed by atoms with E-state index in [1.54, 1.807) is 6.07 Å². The molecular weight excluding hydrogens is 329 g/mol. The molecule has 2 N–H and O–H groups in total. The summed E-state index contributed by atoms with van der Waals surface area (Å²) < 4.78 is 6.72. The van der Waals surface area contributed by atoms with Crippen molar-refractivity contribution >= 4 is 28.4 Å². The molecule has 0 fully saturated rings. The molecule has 4 nitrogen and oxygen atoms in total. The summed E-state index contributed by atoms with van der Waals surface area (Å²) in [7, 11) is 0. The van der Waals surface area contributed by atoms with Crippen molar-refractivity contribution in [3.63, 3.8) is 0 Å². The van der Waals surface area contributed by atoms with Crippen LogP contribution in [0.3, 0.4) is 0 Å². The fourth-order valence-electron chi connectivity index (χ4n) is 1.34. The molecule has 0 aliphatic carbocycles. The maximum Gasteiger partial charge on any atom is 0.224 e. The van der Waals surface area contributed by atoms with Crippen LogP contribution in [0, 0.1) is 3.57 Å². The van der Waals surface area contributed by atoms with Crippen LogP contribution >= 0.6 is 22.6 Å². The van der Waals surface area contributed by atoms with Crippen LogP contribution in [-0.4, -0.2) is 9.97 Å². The summed E-state index contributed by atoms with van der Waals surface area (Å²) in [5.74, 6) is 2.37. The number of nitrogen functional groups attached to an aromatic ring is 1. The van der Waals surface area contributed by atoms with Gasteiger partial charge in [-0.15, -0.1) is 0 Å². The standard InChI is InChI=1S/C12H12IN3O/c1-2-11-15-10(14)7-12(16-11)17-9-6-4-3-5-8(9)13/h3-7H,2H2,1H3,(H2,14,15,16). The lowest BCUT2D eigenvalue weighted by atomic mass is 10.3. The largest absolute Gasteiger partial charge is 0.438 e. The van der Waals surface area contributed by atoms with Gasteiger partial charge in [-0.2, -0.15) is 4.98 Å². The first kappa shape index (κ1) is 12.1. The Morgan fingerprint density at radius 2 is 2.06 bits per heavy atom. The number of aryl methyl sites for hydroxylation is 1. The molecule has 0 aliphatic rings. The van der Waals surface area contributed by atoms with Gasteiger partial charge in [0.05, 0.1) is 3.57 Å². The monoisotopic (exact) mass is 341 g/mol. The molecule has 0 atom stereocenters. The Labute approximate surface area is 113 Å². The Balaban J connectivity index is 2.30. The first-order valence-corrected chi connectivity index (χ1v) is 6.32. The van der Waals surface area contributed by atoms with Crippen molar-refractivity contribution in [1.82, 2.24) is 9.97 Å². The highest BCUT2D eigenvalue weighted by Crippen LogP contribution is 2.25. The Morgan fingerprint density at radius 1 is 1.29 bits per heavy atom. The molecule has 2 rings (SSSR count). The summed E-state index contributed by atoms with van der Waals surface area (Å²) in [6, 6.07) is 9.37. The maximum absolute atomic E-state index is 5.69. The number of nitrogens with zero attached hydrogens (tertiary/aromatic N) is 2. The zero-order valence-corrected chi connectivity index (χ0v) is 11.5. The summed E-state index contributed by atoms with van der Waals surface area (Å²) in [5, 5.41) is 0. The minimum Gasteiger partial charge on any atom is -0.438 e. The van der Waals surface area contributed by atoms with Crippen LogP contribution < -0.4 is 10.5 Å². The third-order valence-electron chi connectivity index (χ3n) is 2.14. The SMILES string of the molecule is CCc1nc(N)cc(Oc2ccccc2I)n1. The predicted octanol–water partition coefficient (Wildman–Crippen LogP) is 3.02. The average molecular weight is 341 g/mol. The van der Waals surface area contributed by atoms with Crippen LogP contribution in [0.5, 0.6) is 11.6 Å². The first-order valence-electron chi connectivity index (χ1n) is 5.25. The number of hydrogen-bond donors (Lipinski definition) is 1. The number of benzene rings is 1. The quantitative estimate of drug-likeness (QED) is 0.872. The van der Waals surface area contributed by atoms with E-state index in [4.69, 9.17) is 10.5 Å². The molecule has 1 aromatic carbocycles. The lowest BCUT2D eigenvalue weighted by Gasteiger charge is -2.08. The fraction of sp³-hybridized carbons (Fsp3) is 0.167. The molecule has 17 heavy (non-hydrogen) atoms. The van der Waals surface area contributed by atoms with Crippen molar-refractivity contribution < 1.29 is 4.74 Å². The van der Waals surface area contributed by atoms with E-state index in [0.29, 0.717) is 17.5 Å². The molecule has 2 aromatic rings. The van der Waals surface area contributed by atoms with Crippen LogP contribution in [0.15, 0.2) is 30.3 Å². The molecule has 0 saturated heterocycles. The number of para-hydroxylation sites is 1. The molecule has 0 amide bonds. The van der Waals surface area contributed by atoms with Crippen molar-refractivity contribution in [3.8, 4) is 11.6 Å². The van der Waals surface area contributed by atoms with E-state index in [2.05, 4.69) is 32.6 Å². The van der Waals surface area contributed by atoms with Crippen molar-refractivity contribution in [3.05, 3.63) is 39.7 Å². The van der Waals surface area contributed by atoms with Gasteiger partial charge in [0.15, 0.2) is 0 Å². The molecule has 1 aromatic heterocycles. The number of nitrogens with two attached hydrogens (primary N) is 1. The number of hydrogen-bond acceptors (Lipinski definition) is 4. The van der Waals surface area contributed by atoms with Crippen LogP contribution in [-0.2, 0) is 6.42 Å². The zero-order chi connectivity index (χ0) is 12.3. The Hall–Kier alpha value is -1.37. The number of halogens is 1. The lowest BCUT2D eigenvalue weighted by molar-refractivity contribution is 0.456. The molecule has 88 valence electrons. The average Bonchev–Trinajstić information content (AvgIpc) is 2.31. The van der Waals surface area contributed by atoms with Gasteiger partial charge in [-0.05, 0) is 34.7 Å².